The van der Waals surface area contributed by atoms with Crippen molar-refractivity contribution in [3.8, 4) is 28.4 Å². The summed E-state index contributed by atoms with van der Waals surface area (Å²) in [6.45, 7) is 0. The molecule has 38 heavy (non-hydrogen) atoms. The number of nitrogens with zero attached hydrogens (tertiary/aromatic N) is 3. The largest absolute Gasteiger partial charge is 0.495 e. The Kier molecular flexibility index (Phi) is 6.43. The van der Waals surface area contributed by atoms with Crippen molar-refractivity contribution in [1.82, 2.24) is 14.5 Å². The van der Waals surface area contributed by atoms with Gasteiger partial charge in [-0.2, -0.15) is 0 Å². The van der Waals surface area contributed by atoms with Gasteiger partial charge < -0.3 is 15.2 Å². The summed E-state index contributed by atoms with van der Waals surface area (Å²) in [5.74, 6) is 0.330. The van der Waals surface area contributed by atoms with E-state index in [0.717, 1.165) is 0 Å². The number of rotatable bonds is 7. The molecule has 5 rings (SSSR count). The van der Waals surface area contributed by atoms with Crippen molar-refractivity contribution in [3.63, 3.8) is 0 Å². The zero-order valence-electron chi connectivity index (χ0n) is 20.5. The van der Waals surface area contributed by atoms with Crippen molar-refractivity contribution >= 4 is 32.6 Å². The van der Waals surface area contributed by atoms with Gasteiger partial charge in [0.05, 0.1) is 36.5 Å². The normalized spacial score (nSPS) is 11.3. The molecule has 5 aromatic rings. The van der Waals surface area contributed by atoms with Gasteiger partial charge in [-0.15, -0.1) is 0 Å². The van der Waals surface area contributed by atoms with Crippen molar-refractivity contribution in [3.05, 3.63) is 95.4 Å². The number of methoxy groups -OCH3 is 2. The number of nitrogens with two attached hydrogens (primary N) is 1. The smallest absolute Gasteiger partial charge is 0.267 e. The molecule has 0 fully saturated rings. The number of aromatic nitrogens is 3. The lowest BCUT2D eigenvalue weighted by Gasteiger charge is -2.14. The highest BCUT2D eigenvalue weighted by Crippen LogP contribution is 2.32. The molecule has 3 aromatic carbocycles. The molecule has 0 amide bonds. The lowest BCUT2D eigenvalue weighted by molar-refractivity contribution is 0.385. The van der Waals surface area contributed by atoms with Crippen molar-refractivity contribution in [2.24, 2.45) is 0 Å². The predicted octanol–water partition coefficient (Wildman–Crippen LogP) is 3.85. The van der Waals surface area contributed by atoms with Crippen LogP contribution in [0, 0.1) is 0 Å². The number of fused-ring (bicyclic) bond motifs is 1. The molecule has 2 aromatic heterocycles. The van der Waals surface area contributed by atoms with Crippen LogP contribution >= 0.6 is 0 Å². The first-order valence-corrected chi connectivity index (χ1v) is 12.9. The molecule has 0 spiro atoms. The molecule has 0 aliphatic rings. The molecule has 0 radical (unpaired) electrons. The van der Waals surface area contributed by atoms with Gasteiger partial charge in [-0.1, -0.05) is 36.4 Å². The highest BCUT2D eigenvalue weighted by molar-refractivity contribution is 7.92. The van der Waals surface area contributed by atoms with Crippen LogP contribution < -0.4 is 25.5 Å². The SMILES string of the molecule is COc1ccccc1NS(=O)(=O)c1cc(-c2ccc3nc(N)n(-c4ccccc4)c(=O)c3c2)cnc1OC. The molecule has 0 bridgehead atoms. The first kappa shape index (κ1) is 24.8. The Hall–Kier alpha value is -4.90. The summed E-state index contributed by atoms with van der Waals surface area (Å²) in [5, 5.41) is 0.313. The van der Waals surface area contributed by atoms with Gasteiger partial charge >= 0.3 is 0 Å². The molecule has 2 heterocycles. The number of hydrogen-bond donors (Lipinski definition) is 2. The van der Waals surface area contributed by atoms with E-state index < -0.39 is 10.0 Å². The van der Waals surface area contributed by atoms with Crippen molar-refractivity contribution < 1.29 is 17.9 Å². The Balaban J connectivity index is 1.62. The van der Waals surface area contributed by atoms with Crippen molar-refractivity contribution in [1.29, 1.82) is 0 Å². The van der Waals surface area contributed by atoms with E-state index in [9.17, 15) is 13.2 Å². The van der Waals surface area contributed by atoms with Crippen LogP contribution in [0.4, 0.5) is 11.6 Å². The lowest BCUT2D eigenvalue weighted by atomic mass is 10.1. The molecule has 192 valence electrons. The molecule has 0 saturated heterocycles. The molecule has 0 atom stereocenters. The van der Waals surface area contributed by atoms with Crippen LogP contribution in [0.15, 0.2) is 94.7 Å². The number of anilines is 2. The minimum atomic E-state index is -4.13. The lowest BCUT2D eigenvalue weighted by Crippen LogP contribution is -2.23. The fraction of sp³-hybridized carbons (Fsp3) is 0.0741. The maximum absolute atomic E-state index is 13.4. The third-order valence-electron chi connectivity index (χ3n) is 5.89. The fourth-order valence-electron chi connectivity index (χ4n) is 4.07. The maximum atomic E-state index is 13.4. The maximum Gasteiger partial charge on any atom is 0.267 e. The summed E-state index contributed by atoms with van der Waals surface area (Å²) >= 11 is 0. The molecule has 0 aliphatic carbocycles. The number of pyridine rings is 1. The van der Waals surface area contributed by atoms with Gasteiger partial charge in [0.15, 0.2) is 0 Å². The first-order valence-electron chi connectivity index (χ1n) is 11.4. The zero-order valence-corrected chi connectivity index (χ0v) is 21.3. The van der Waals surface area contributed by atoms with Crippen LogP contribution in [-0.4, -0.2) is 37.2 Å². The van der Waals surface area contributed by atoms with E-state index in [4.69, 9.17) is 15.2 Å². The van der Waals surface area contributed by atoms with E-state index in [1.54, 1.807) is 66.7 Å². The number of hydrogen-bond acceptors (Lipinski definition) is 8. The number of ether oxygens (including phenoxy) is 2. The van der Waals surface area contributed by atoms with Crippen molar-refractivity contribution in [2.75, 3.05) is 24.7 Å². The number of sulfonamides is 1. The Morgan fingerprint density at radius 3 is 2.37 bits per heavy atom. The summed E-state index contributed by atoms with van der Waals surface area (Å²) in [7, 11) is -1.35. The van der Waals surface area contributed by atoms with E-state index in [1.807, 2.05) is 6.07 Å². The Morgan fingerprint density at radius 2 is 1.63 bits per heavy atom. The molecular formula is C27H23N5O5S. The summed E-state index contributed by atoms with van der Waals surface area (Å²) in [4.78, 5) is 21.8. The Bertz CT molecular complexity index is 1820. The average Bonchev–Trinajstić information content (AvgIpc) is 2.93. The van der Waals surface area contributed by atoms with E-state index in [1.165, 1.54) is 31.0 Å². The van der Waals surface area contributed by atoms with E-state index in [0.29, 0.717) is 33.5 Å². The quantitative estimate of drug-likeness (QED) is 0.324. The van der Waals surface area contributed by atoms with E-state index >= 15 is 0 Å². The first-order chi connectivity index (χ1) is 18.3. The number of nitrogen functional groups attached to an aromatic ring is 1. The van der Waals surface area contributed by atoms with Crippen LogP contribution in [-0.2, 0) is 10.0 Å². The second-order valence-corrected chi connectivity index (χ2v) is 9.87. The number of nitrogens with one attached hydrogen (secondary N) is 1. The third-order valence-corrected chi connectivity index (χ3v) is 7.25. The summed E-state index contributed by atoms with van der Waals surface area (Å²) < 4.78 is 41.1. The van der Waals surface area contributed by atoms with Gasteiger partial charge in [0, 0.05) is 11.8 Å². The molecule has 3 N–H and O–H groups in total. The van der Waals surface area contributed by atoms with Gasteiger partial charge in [0.1, 0.15) is 10.6 Å². The Morgan fingerprint density at radius 1 is 0.895 bits per heavy atom. The standard InChI is InChI=1S/C27H23N5O5S/c1-36-23-11-7-6-10-22(23)31-38(34,35)24-15-18(16-29-25(24)37-2)17-12-13-21-20(14-17)26(33)32(27(28)30-21)19-8-4-3-5-9-19/h3-16,31H,1-2H3,(H2,28,30). The molecule has 0 aliphatic heterocycles. The van der Waals surface area contributed by atoms with Crippen LogP contribution in [0.1, 0.15) is 0 Å². The average molecular weight is 530 g/mol. The Labute approximate surface area is 218 Å². The molecule has 10 nitrogen and oxygen atoms in total. The van der Waals surface area contributed by atoms with Gasteiger partial charge in [0.2, 0.25) is 11.8 Å². The van der Waals surface area contributed by atoms with E-state index in [-0.39, 0.29) is 28.0 Å². The van der Waals surface area contributed by atoms with Crippen molar-refractivity contribution in [2.45, 2.75) is 4.90 Å². The van der Waals surface area contributed by atoms with Crippen LogP contribution in [0.5, 0.6) is 11.6 Å². The van der Waals surface area contributed by atoms with E-state index in [2.05, 4.69) is 14.7 Å². The number of benzene rings is 3. The topological polar surface area (TPSA) is 138 Å². The zero-order chi connectivity index (χ0) is 26.9. The summed E-state index contributed by atoms with van der Waals surface area (Å²) in [6, 6.07) is 22.0. The minimum Gasteiger partial charge on any atom is -0.495 e. The van der Waals surface area contributed by atoms with Crippen LogP contribution in [0.3, 0.4) is 0 Å². The minimum absolute atomic E-state index is 0.0587. The molecular weight excluding hydrogens is 506 g/mol. The van der Waals surface area contributed by atoms with Gasteiger partial charge in [-0.3, -0.25) is 9.52 Å². The van der Waals surface area contributed by atoms with Gasteiger partial charge in [0.25, 0.3) is 15.6 Å². The number of para-hydroxylation sites is 3. The second-order valence-electron chi connectivity index (χ2n) is 8.22. The second kappa shape index (κ2) is 9.87. The molecule has 0 saturated carbocycles. The highest BCUT2D eigenvalue weighted by Gasteiger charge is 2.23. The summed E-state index contributed by atoms with van der Waals surface area (Å²) in [5.41, 5.74) is 8.01. The monoisotopic (exact) mass is 529 g/mol. The summed E-state index contributed by atoms with van der Waals surface area (Å²) in [6.07, 6.45) is 1.47. The van der Waals surface area contributed by atoms with Gasteiger partial charge in [-0.25, -0.2) is 23.0 Å². The van der Waals surface area contributed by atoms with Gasteiger partial charge in [-0.05, 0) is 48.0 Å². The van der Waals surface area contributed by atoms with Crippen LogP contribution in [0.2, 0.25) is 0 Å². The molecule has 0 unspecified atom stereocenters. The van der Waals surface area contributed by atoms with Crippen LogP contribution in [0.25, 0.3) is 27.7 Å². The molecule has 11 heteroatoms. The predicted molar refractivity (Wildman–Crippen MR) is 145 cm³/mol. The third kappa shape index (κ3) is 4.50. The fourth-order valence-corrected chi connectivity index (χ4v) is 5.29. The highest BCUT2D eigenvalue weighted by atomic mass is 32.2.